The summed E-state index contributed by atoms with van der Waals surface area (Å²) in [4.78, 5) is 10.3. The van der Waals surface area contributed by atoms with E-state index in [2.05, 4.69) is 0 Å². The summed E-state index contributed by atoms with van der Waals surface area (Å²) in [7, 11) is 0. The summed E-state index contributed by atoms with van der Waals surface area (Å²) in [6.07, 6.45) is 0.109. The summed E-state index contributed by atoms with van der Waals surface area (Å²) >= 11 is 0. The average molecular weight is 145 g/mol. The molecule has 0 radical (unpaired) electrons. The van der Waals surface area contributed by atoms with Crippen molar-refractivity contribution >= 4 is 5.97 Å². The van der Waals surface area contributed by atoms with E-state index in [1.807, 2.05) is 0 Å². The summed E-state index contributed by atoms with van der Waals surface area (Å²) in [5, 5.41) is 16.8. The third-order valence-corrected chi connectivity index (χ3v) is 1.10. The molecule has 0 amide bonds. The molecule has 0 saturated heterocycles. The van der Waals surface area contributed by atoms with Gasteiger partial charge in [-0.05, 0) is 6.92 Å². The van der Waals surface area contributed by atoms with Crippen LogP contribution in [0.4, 0.5) is 0 Å². The van der Waals surface area contributed by atoms with E-state index >= 15 is 0 Å². The minimum Gasteiger partial charge on any atom is -0.478 e. The van der Waals surface area contributed by atoms with Crippen LogP contribution in [-0.2, 0) is 4.79 Å². The fraction of sp³-hybridized carbons (Fsp3) is 0.500. The topological polar surface area (TPSA) is 83.5 Å². The molecule has 10 heavy (non-hydrogen) atoms. The lowest BCUT2D eigenvalue weighted by atomic mass is 10.1. The van der Waals surface area contributed by atoms with Crippen LogP contribution in [0.25, 0.3) is 0 Å². The van der Waals surface area contributed by atoms with Crippen molar-refractivity contribution in [3.8, 4) is 0 Å². The molecule has 0 fully saturated rings. The molecule has 0 aromatic carbocycles. The molecule has 0 aliphatic rings. The lowest BCUT2D eigenvalue weighted by molar-refractivity contribution is -0.133. The van der Waals surface area contributed by atoms with Gasteiger partial charge in [-0.1, -0.05) is 0 Å². The molecule has 4 N–H and O–H groups in total. The normalized spacial score (nSPS) is 12.6. The Balaban J connectivity index is 4.28. The van der Waals surface area contributed by atoms with E-state index in [1.165, 1.54) is 6.92 Å². The van der Waals surface area contributed by atoms with Crippen LogP contribution in [0, 0.1) is 0 Å². The first-order valence-corrected chi connectivity index (χ1v) is 2.89. The predicted octanol–water partition coefficient (Wildman–Crippen LogP) is -0.314. The maximum absolute atomic E-state index is 10.3. The first-order valence-electron chi connectivity index (χ1n) is 2.89. The van der Waals surface area contributed by atoms with E-state index in [0.717, 1.165) is 0 Å². The molecule has 0 atom stereocenters. The molecule has 0 rings (SSSR count). The number of allylic oxidation sites excluding steroid dienone is 1. The maximum atomic E-state index is 10.3. The highest BCUT2D eigenvalue weighted by Gasteiger charge is 2.07. The lowest BCUT2D eigenvalue weighted by Crippen LogP contribution is -2.09. The average Bonchev–Trinajstić information content (AvgIpc) is 1.81. The Morgan fingerprint density at radius 3 is 2.20 bits per heavy atom. The first kappa shape index (κ1) is 8.97. The van der Waals surface area contributed by atoms with Crippen molar-refractivity contribution in [3.05, 3.63) is 11.3 Å². The zero-order valence-corrected chi connectivity index (χ0v) is 5.79. The smallest absolute Gasteiger partial charge is 0.333 e. The molecule has 0 saturated carbocycles. The molecule has 0 aliphatic carbocycles. The fourth-order valence-corrected chi connectivity index (χ4v) is 0.585. The van der Waals surface area contributed by atoms with Gasteiger partial charge in [0.15, 0.2) is 0 Å². The molecule has 0 unspecified atom stereocenters. The van der Waals surface area contributed by atoms with Crippen LogP contribution in [0.5, 0.6) is 0 Å². The number of aliphatic hydroxyl groups excluding tert-OH is 1. The van der Waals surface area contributed by atoms with Crippen LogP contribution in [0.15, 0.2) is 11.3 Å². The molecule has 4 heteroatoms. The van der Waals surface area contributed by atoms with E-state index in [1.54, 1.807) is 0 Å². The second-order valence-corrected chi connectivity index (χ2v) is 1.94. The number of carboxylic acid groups (broad SMARTS) is 1. The van der Waals surface area contributed by atoms with Gasteiger partial charge >= 0.3 is 5.97 Å². The largest absolute Gasteiger partial charge is 0.478 e. The second-order valence-electron chi connectivity index (χ2n) is 1.94. The van der Waals surface area contributed by atoms with Crippen molar-refractivity contribution in [1.82, 2.24) is 0 Å². The minimum absolute atomic E-state index is 0.0856. The Labute approximate surface area is 59.0 Å². The standard InChI is InChI=1S/C6H11NO3/c1-4(7)5(2-3-8)6(9)10/h8H,2-3,7H2,1H3,(H,9,10). The van der Waals surface area contributed by atoms with Gasteiger partial charge < -0.3 is 15.9 Å². The van der Waals surface area contributed by atoms with E-state index < -0.39 is 5.97 Å². The van der Waals surface area contributed by atoms with Gasteiger partial charge in [-0.2, -0.15) is 0 Å². The molecule has 0 aromatic heterocycles. The van der Waals surface area contributed by atoms with Crippen LogP contribution < -0.4 is 5.73 Å². The number of hydrogen-bond acceptors (Lipinski definition) is 3. The fourth-order valence-electron chi connectivity index (χ4n) is 0.585. The van der Waals surface area contributed by atoms with E-state index in [-0.39, 0.29) is 24.3 Å². The summed E-state index contributed by atoms with van der Waals surface area (Å²) < 4.78 is 0. The number of nitrogens with two attached hydrogens (primary N) is 1. The molecule has 0 spiro atoms. The van der Waals surface area contributed by atoms with Gasteiger partial charge in [0.1, 0.15) is 0 Å². The summed E-state index contributed by atoms with van der Waals surface area (Å²) in [5.74, 6) is -1.06. The van der Waals surface area contributed by atoms with Crippen molar-refractivity contribution in [2.75, 3.05) is 6.61 Å². The van der Waals surface area contributed by atoms with Gasteiger partial charge in [-0.25, -0.2) is 4.79 Å². The lowest BCUT2D eigenvalue weighted by Gasteiger charge is -2.00. The number of aliphatic hydroxyl groups is 1. The van der Waals surface area contributed by atoms with E-state index in [9.17, 15) is 4.79 Å². The van der Waals surface area contributed by atoms with Gasteiger partial charge in [0, 0.05) is 18.7 Å². The minimum atomic E-state index is -1.06. The molecule has 0 aromatic rings. The van der Waals surface area contributed by atoms with Crippen LogP contribution in [-0.4, -0.2) is 22.8 Å². The molecule has 0 bridgehead atoms. The van der Waals surface area contributed by atoms with E-state index in [4.69, 9.17) is 15.9 Å². The predicted molar refractivity (Wildman–Crippen MR) is 36.2 cm³/mol. The molecule has 0 aliphatic heterocycles. The van der Waals surface area contributed by atoms with Gasteiger partial charge in [0.25, 0.3) is 0 Å². The Hall–Kier alpha value is -1.03. The Morgan fingerprint density at radius 2 is 2.10 bits per heavy atom. The second kappa shape index (κ2) is 3.90. The number of carboxylic acids is 1. The van der Waals surface area contributed by atoms with Gasteiger partial charge in [0.05, 0.1) is 5.57 Å². The zero-order chi connectivity index (χ0) is 8.15. The monoisotopic (exact) mass is 145 g/mol. The van der Waals surface area contributed by atoms with Crippen molar-refractivity contribution in [2.24, 2.45) is 5.73 Å². The quantitative estimate of drug-likeness (QED) is 0.475. The number of hydrogen-bond donors (Lipinski definition) is 3. The van der Waals surface area contributed by atoms with Crippen LogP contribution in [0.1, 0.15) is 13.3 Å². The third kappa shape index (κ3) is 2.50. The highest BCUT2D eigenvalue weighted by molar-refractivity contribution is 5.87. The molecule has 58 valence electrons. The SMILES string of the molecule is CC(N)=C(CCO)C(=O)O. The van der Waals surface area contributed by atoms with E-state index in [0.29, 0.717) is 0 Å². The van der Waals surface area contributed by atoms with Crippen LogP contribution >= 0.6 is 0 Å². The van der Waals surface area contributed by atoms with Gasteiger partial charge in [0.2, 0.25) is 0 Å². The summed E-state index contributed by atoms with van der Waals surface area (Å²) in [6.45, 7) is 1.31. The Morgan fingerprint density at radius 1 is 1.60 bits per heavy atom. The Bertz CT molecular complexity index is 158. The van der Waals surface area contributed by atoms with Crippen molar-refractivity contribution < 1.29 is 15.0 Å². The van der Waals surface area contributed by atoms with Gasteiger partial charge in [-0.3, -0.25) is 0 Å². The maximum Gasteiger partial charge on any atom is 0.333 e. The van der Waals surface area contributed by atoms with Crippen molar-refractivity contribution in [2.45, 2.75) is 13.3 Å². The first-order chi connectivity index (χ1) is 4.59. The third-order valence-electron chi connectivity index (χ3n) is 1.10. The zero-order valence-electron chi connectivity index (χ0n) is 5.79. The highest BCUT2D eigenvalue weighted by Crippen LogP contribution is 2.03. The highest BCUT2D eigenvalue weighted by atomic mass is 16.4. The van der Waals surface area contributed by atoms with Crippen LogP contribution in [0.3, 0.4) is 0 Å². The molecule has 0 heterocycles. The number of aliphatic carboxylic acids is 1. The van der Waals surface area contributed by atoms with Crippen LogP contribution in [0.2, 0.25) is 0 Å². The molecular weight excluding hydrogens is 134 g/mol. The molecule has 4 nitrogen and oxygen atoms in total. The Kier molecular flexibility index (Phi) is 3.49. The van der Waals surface area contributed by atoms with Gasteiger partial charge in [-0.15, -0.1) is 0 Å². The number of rotatable bonds is 3. The summed E-state index contributed by atoms with van der Waals surface area (Å²) in [5.41, 5.74) is 5.55. The van der Waals surface area contributed by atoms with Crippen molar-refractivity contribution in [3.63, 3.8) is 0 Å². The van der Waals surface area contributed by atoms with Crippen molar-refractivity contribution in [1.29, 1.82) is 0 Å². The molecular formula is C6H11NO3. The number of carbonyl (C=O) groups is 1. The summed E-state index contributed by atoms with van der Waals surface area (Å²) in [6, 6.07) is 0.